The van der Waals surface area contributed by atoms with E-state index in [9.17, 15) is 4.79 Å². The lowest BCUT2D eigenvalue weighted by Crippen LogP contribution is -2.40. The molecule has 1 amide bonds. The molecule has 6 nitrogen and oxygen atoms in total. The van der Waals surface area contributed by atoms with Crippen LogP contribution in [0.15, 0.2) is 42.5 Å². The minimum Gasteiger partial charge on any atom is -0.497 e. The number of ether oxygens (including phenoxy) is 3. The zero-order valence-corrected chi connectivity index (χ0v) is 20.1. The second-order valence-electron chi connectivity index (χ2n) is 8.79. The molecule has 0 saturated carbocycles. The Kier molecular flexibility index (Phi) is 8.02. The van der Waals surface area contributed by atoms with Crippen molar-refractivity contribution in [3.8, 4) is 17.2 Å². The number of carbonyl (C=O) groups excluding carboxylic acids is 1. The summed E-state index contributed by atoms with van der Waals surface area (Å²) in [5, 5.41) is 0. The van der Waals surface area contributed by atoms with Crippen molar-refractivity contribution in [3.05, 3.63) is 53.6 Å². The first-order valence-corrected chi connectivity index (χ1v) is 11.2. The Bertz CT molecular complexity index is 892. The average molecular weight is 441 g/mol. The van der Waals surface area contributed by atoms with Gasteiger partial charge in [0.05, 0.1) is 21.3 Å². The van der Waals surface area contributed by atoms with E-state index in [1.165, 1.54) is 5.56 Å². The van der Waals surface area contributed by atoms with Crippen LogP contribution in [0.5, 0.6) is 17.2 Å². The fraction of sp³-hybridized carbons (Fsp3) is 0.500. The fourth-order valence-electron chi connectivity index (χ4n) is 4.77. The van der Waals surface area contributed by atoms with Crippen LogP contribution in [0.4, 0.5) is 0 Å². The average Bonchev–Trinajstić information content (AvgIpc) is 3.18. The molecule has 0 aromatic heterocycles. The summed E-state index contributed by atoms with van der Waals surface area (Å²) in [7, 11) is 5.06. The van der Waals surface area contributed by atoms with Gasteiger partial charge >= 0.3 is 0 Å². The highest BCUT2D eigenvalue weighted by Crippen LogP contribution is 2.39. The van der Waals surface area contributed by atoms with Crippen molar-refractivity contribution in [1.82, 2.24) is 9.80 Å². The van der Waals surface area contributed by atoms with E-state index >= 15 is 0 Å². The second-order valence-corrected chi connectivity index (χ2v) is 8.79. The molecule has 2 aromatic carbocycles. The molecule has 1 aliphatic rings. The number of hydrogen-bond donors (Lipinski definition) is 0. The van der Waals surface area contributed by atoms with Gasteiger partial charge in [-0.05, 0) is 49.1 Å². The fourth-order valence-corrected chi connectivity index (χ4v) is 4.77. The van der Waals surface area contributed by atoms with Crippen molar-refractivity contribution >= 4 is 5.91 Å². The summed E-state index contributed by atoms with van der Waals surface area (Å²) < 4.78 is 16.6. The maximum absolute atomic E-state index is 12.3. The van der Waals surface area contributed by atoms with Crippen LogP contribution in [0.2, 0.25) is 0 Å². The summed E-state index contributed by atoms with van der Waals surface area (Å²) >= 11 is 0. The number of benzene rings is 2. The lowest BCUT2D eigenvalue weighted by molar-refractivity contribution is -0.131. The molecule has 0 bridgehead atoms. The lowest BCUT2D eigenvalue weighted by atomic mass is 9.87. The Morgan fingerprint density at radius 3 is 2.25 bits per heavy atom. The Balaban J connectivity index is 1.88. The molecule has 1 fully saturated rings. The maximum Gasteiger partial charge on any atom is 0.219 e. The van der Waals surface area contributed by atoms with E-state index in [1.807, 2.05) is 23.1 Å². The van der Waals surface area contributed by atoms with Gasteiger partial charge in [-0.25, -0.2) is 0 Å². The monoisotopic (exact) mass is 440 g/mol. The standard InChI is InChI=1S/C26H36N2O4/c1-18(2)28(19(3)29)16-21-15-27(14-20-11-22(30-4)13-23(12-20)31-5)17-25(21)24-9-7-8-10-26(24)32-6/h7-13,18,21,25H,14-17H2,1-6H3. The third-order valence-electron chi connectivity index (χ3n) is 6.33. The number of amides is 1. The van der Waals surface area contributed by atoms with Crippen molar-refractivity contribution < 1.29 is 19.0 Å². The van der Waals surface area contributed by atoms with E-state index in [-0.39, 0.29) is 17.9 Å². The van der Waals surface area contributed by atoms with Gasteiger partial charge < -0.3 is 19.1 Å². The quantitative estimate of drug-likeness (QED) is 0.585. The Hall–Kier alpha value is -2.73. The van der Waals surface area contributed by atoms with Gasteiger partial charge in [0.1, 0.15) is 17.2 Å². The number of para-hydroxylation sites is 1. The molecule has 2 atom stereocenters. The molecule has 1 heterocycles. The number of hydrogen-bond acceptors (Lipinski definition) is 5. The van der Waals surface area contributed by atoms with Crippen molar-refractivity contribution in [2.75, 3.05) is 41.0 Å². The van der Waals surface area contributed by atoms with Gasteiger partial charge in [-0.3, -0.25) is 9.69 Å². The van der Waals surface area contributed by atoms with Gasteiger partial charge in [-0.1, -0.05) is 18.2 Å². The minimum atomic E-state index is 0.120. The van der Waals surface area contributed by atoms with Crippen LogP contribution >= 0.6 is 0 Å². The van der Waals surface area contributed by atoms with E-state index in [1.54, 1.807) is 28.3 Å². The minimum absolute atomic E-state index is 0.120. The molecule has 0 aliphatic carbocycles. The molecule has 2 aromatic rings. The SMILES string of the molecule is COc1cc(CN2CC(CN(C(C)=O)C(C)C)C(c3ccccc3OC)C2)cc(OC)c1. The number of carbonyl (C=O) groups is 1. The van der Waals surface area contributed by atoms with Crippen molar-refractivity contribution in [3.63, 3.8) is 0 Å². The number of methoxy groups -OCH3 is 3. The third-order valence-corrected chi connectivity index (χ3v) is 6.33. The van der Waals surface area contributed by atoms with Gasteiger partial charge in [0.25, 0.3) is 0 Å². The highest BCUT2D eigenvalue weighted by atomic mass is 16.5. The molecule has 0 spiro atoms. The van der Waals surface area contributed by atoms with Crippen LogP contribution in [0.25, 0.3) is 0 Å². The highest BCUT2D eigenvalue weighted by molar-refractivity contribution is 5.73. The molecule has 6 heteroatoms. The summed E-state index contributed by atoms with van der Waals surface area (Å²) in [6.45, 7) is 9.13. The van der Waals surface area contributed by atoms with Crippen LogP contribution in [-0.4, -0.2) is 62.7 Å². The number of likely N-dealkylation sites (tertiary alicyclic amines) is 1. The van der Waals surface area contributed by atoms with Crippen LogP contribution < -0.4 is 14.2 Å². The maximum atomic E-state index is 12.3. The molecule has 174 valence electrons. The Labute approximate surface area is 192 Å². The predicted octanol–water partition coefficient (Wildman–Crippen LogP) is 4.18. The van der Waals surface area contributed by atoms with Gasteiger partial charge in [-0.2, -0.15) is 0 Å². The van der Waals surface area contributed by atoms with Crippen LogP contribution in [0.3, 0.4) is 0 Å². The Morgan fingerprint density at radius 2 is 1.69 bits per heavy atom. The molecule has 1 aliphatic heterocycles. The number of rotatable bonds is 9. The molecule has 3 rings (SSSR count). The summed E-state index contributed by atoms with van der Waals surface area (Å²) in [6, 6.07) is 14.4. The van der Waals surface area contributed by atoms with Crippen molar-refractivity contribution in [2.24, 2.45) is 5.92 Å². The molecular formula is C26H36N2O4. The smallest absolute Gasteiger partial charge is 0.219 e. The van der Waals surface area contributed by atoms with Crippen molar-refractivity contribution in [2.45, 2.75) is 39.3 Å². The van der Waals surface area contributed by atoms with Gasteiger partial charge in [0, 0.05) is 51.1 Å². The topological polar surface area (TPSA) is 51.2 Å². The number of nitrogens with zero attached hydrogens (tertiary/aromatic N) is 2. The van der Waals surface area contributed by atoms with E-state index < -0.39 is 0 Å². The normalized spacial score (nSPS) is 18.6. The third kappa shape index (κ3) is 5.54. The van der Waals surface area contributed by atoms with Crippen LogP contribution in [0.1, 0.15) is 37.8 Å². The van der Waals surface area contributed by atoms with Crippen LogP contribution in [0, 0.1) is 5.92 Å². The van der Waals surface area contributed by atoms with Gasteiger partial charge in [-0.15, -0.1) is 0 Å². The summed E-state index contributed by atoms with van der Waals surface area (Å²) in [5.41, 5.74) is 2.35. The first-order valence-electron chi connectivity index (χ1n) is 11.2. The summed E-state index contributed by atoms with van der Waals surface area (Å²) in [4.78, 5) is 16.7. The van der Waals surface area contributed by atoms with Crippen molar-refractivity contribution in [1.29, 1.82) is 0 Å². The molecule has 0 radical (unpaired) electrons. The first-order chi connectivity index (χ1) is 15.4. The molecule has 2 unspecified atom stereocenters. The van der Waals surface area contributed by atoms with E-state index in [4.69, 9.17) is 14.2 Å². The predicted molar refractivity (Wildman–Crippen MR) is 127 cm³/mol. The first kappa shape index (κ1) is 23.9. The van der Waals surface area contributed by atoms with E-state index in [0.717, 1.165) is 49.0 Å². The highest BCUT2D eigenvalue weighted by Gasteiger charge is 2.37. The van der Waals surface area contributed by atoms with E-state index in [0.29, 0.717) is 5.92 Å². The van der Waals surface area contributed by atoms with Crippen LogP contribution in [-0.2, 0) is 11.3 Å². The van der Waals surface area contributed by atoms with Gasteiger partial charge in [0.2, 0.25) is 5.91 Å². The lowest BCUT2D eigenvalue weighted by Gasteiger charge is -2.31. The molecule has 0 N–H and O–H groups in total. The molecule has 1 saturated heterocycles. The largest absolute Gasteiger partial charge is 0.497 e. The van der Waals surface area contributed by atoms with E-state index in [2.05, 4.69) is 43.0 Å². The summed E-state index contributed by atoms with van der Waals surface area (Å²) in [6.07, 6.45) is 0. The van der Waals surface area contributed by atoms with Gasteiger partial charge in [0.15, 0.2) is 0 Å². The zero-order chi connectivity index (χ0) is 23.3. The Morgan fingerprint density at radius 1 is 1.03 bits per heavy atom. The zero-order valence-electron chi connectivity index (χ0n) is 20.1. The summed E-state index contributed by atoms with van der Waals surface area (Å²) in [5.74, 6) is 3.20. The second kappa shape index (κ2) is 10.7. The molecular weight excluding hydrogens is 404 g/mol. The molecule has 32 heavy (non-hydrogen) atoms.